The van der Waals surface area contributed by atoms with Gasteiger partial charge in [-0.25, -0.2) is 13.9 Å². The molecule has 3 unspecified atom stereocenters. The molecule has 0 saturated carbocycles. The molecule has 1 saturated heterocycles. The zero-order chi connectivity index (χ0) is 53.6. The first-order chi connectivity index (χ1) is 35.1. The molecule has 0 radical (unpaired) electrons. The van der Waals surface area contributed by atoms with Crippen LogP contribution >= 0.6 is 15.6 Å². The van der Waals surface area contributed by atoms with Crippen molar-refractivity contribution in [3.63, 3.8) is 0 Å². The number of aliphatic hydroxyl groups excluding tert-OH is 3. The number of phosphoric ester groups is 2. The molecule has 8 atom stereocenters. The van der Waals surface area contributed by atoms with Crippen molar-refractivity contribution >= 4 is 33.4 Å². The fraction of sp³-hybridized carbons (Fsp3) is 0.577. The number of hydrogen-bond acceptors (Lipinski definition) is 16. The van der Waals surface area contributed by atoms with Crippen LogP contribution in [-0.2, 0) is 46.3 Å². The van der Waals surface area contributed by atoms with Gasteiger partial charge in [0.25, 0.3) is 0 Å². The van der Waals surface area contributed by atoms with Gasteiger partial charge in [0.15, 0.2) is 12.3 Å². The van der Waals surface area contributed by atoms with E-state index in [4.69, 9.17) is 29.0 Å². The zero-order valence-corrected chi connectivity index (χ0v) is 44.3. The molecule has 73 heavy (non-hydrogen) atoms. The van der Waals surface area contributed by atoms with Crippen molar-refractivity contribution in [3.8, 4) is 0 Å². The van der Waals surface area contributed by atoms with Crippen molar-refractivity contribution in [2.45, 2.75) is 173 Å². The maximum atomic E-state index is 12.9. The molecule has 2 heterocycles. The third-order valence-electron chi connectivity index (χ3n) is 10.8. The molecular formula is C52H81N3O16P2. The molecule has 1 aliphatic rings. The minimum Gasteiger partial charge on any atom is -0.462 e. The van der Waals surface area contributed by atoms with E-state index < -0.39 is 89.8 Å². The van der Waals surface area contributed by atoms with Crippen LogP contribution in [0.15, 0.2) is 114 Å². The molecule has 2 rings (SSSR count). The Labute approximate surface area is 431 Å². The Morgan fingerprint density at radius 2 is 1.27 bits per heavy atom. The fourth-order valence-electron chi connectivity index (χ4n) is 6.88. The van der Waals surface area contributed by atoms with Crippen molar-refractivity contribution in [1.29, 1.82) is 0 Å². The third kappa shape index (κ3) is 31.9. The van der Waals surface area contributed by atoms with Gasteiger partial charge in [-0.1, -0.05) is 143 Å². The van der Waals surface area contributed by atoms with E-state index in [2.05, 4.69) is 96.1 Å². The van der Waals surface area contributed by atoms with Crippen molar-refractivity contribution < 1.29 is 71.4 Å². The molecular weight excluding hydrogens is 985 g/mol. The number of rotatable bonds is 40. The van der Waals surface area contributed by atoms with E-state index in [-0.39, 0.29) is 18.7 Å². The molecule has 1 aromatic rings. The molecule has 0 bridgehead atoms. The lowest BCUT2D eigenvalue weighted by atomic mass is 10.1. The highest BCUT2D eigenvalue weighted by atomic mass is 31.3. The molecule has 0 spiro atoms. The standard InChI is InChI=1S/C52H81N3O16P2/c1-3-5-7-9-11-12-13-14-15-16-17-18-19-20-21-22-24-28-32-36-47(57)66-40-44(69-48(58)37-33-29-25-27-31-35-43(56)34-30-26-23-10-8-6-4-2)41-67-72(62,63)71-73(64,65)68-42-45-49(59)50(60)51(70-45)55-39-38-46(53)54-52(55)61/h5-8,11-12,14-15,17-18,20-21,23,26,30,34,38-39,43-45,49-51,56,59-60H,3-4,9-10,13,16,19,22,24-25,27-29,31-33,35-37,40-42H2,1-2H3,(H,62,63)(H,64,65)(H2,53,54,61)/b7-5-,8-6+,12-11-,15-14-,18-17-,21-20-,26-23+,34-30+/t43?,44-,45-,49-,50-,51-/m1/s1. The van der Waals surface area contributed by atoms with Crippen LogP contribution in [0.5, 0.6) is 0 Å². The summed E-state index contributed by atoms with van der Waals surface area (Å²) in [5, 5.41) is 31.1. The zero-order valence-electron chi connectivity index (χ0n) is 42.5. The number of unbranched alkanes of at least 4 members (excludes halogenated alkanes) is 7. The van der Waals surface area contributed by atoms with Crippen LogP contribution in [0.25, 0.3) is 0 Å². The van der Waals surface area contributed by atoms with Crippen LogP contribution in [0.1, 0.15) is 142 Å². The lowest BCUT2D eigenvalue weighted by molar-refractivity contribution is -0.161. The molecule has 0 aromatic carbocycles. The van der Waals surface area contributed by atoms with Gasteiger partial charge in [0, 0.05) is 19.0 Å². The molecule has 410 valence electrons. The summed E-state index contributed by atoms with van der Waals surface area (Å²) >= 11 is 0. The highest BCUT2D eigenvalue weighted by Gasteiger charge is 2.46. The lowest BCUT2D eigenvalue weighted by Crippen LogP contribution is -2.36. The number of carbonyl (C=O) groups excluding carboxylic acids is 2. The van der Waals surface area contributed by atoms with E-state index in [0.29, 0.717) is 25.7 Å². The van der Waals surface area contributed by atoms with Crippen LogP contribution in [0.4, 0.5) is 5.82 Å². The number of nitrogen functional groups attached to an aromatic ring is 1. The van der Waals surface area contributed by atoms with Crippen LogP contribution in [0.2, 0.25) is 0 Å². The van der Waals surface area contributed by atoms with Gasteiger partial charge in [0.2, 0.25) is 0 Å². The molecule has 19 nitrogen and oxygen atoms in total. The highest BCUT2D eigenvalue weighted by Crippen LogP contribution is 2.60. The van der Waals surface area contributed by atoms with E-state index in [1.807, 2.05) is 18.2 Å². The fourth-order valence-corrected chi connectivity index (χ4v) is 8.99. The average molecular weight is 1070 g/mol. The van der Waals surface area contributed by atoms with Gasteiger partial charge in [-0.3, -0.25) is 23.2 Å². The van der Waals surface area contributed by atoms with Crippen LogP contribution in [0.3, 0.4) is 0 Å². The number of carbonyl (C=O) groups is 2. The highest BCUT2D eigenvalue weighted by molar-refractivity contribution is 7.61. The quantitative estimate of drug-likeness (QED) is 0.0117. The average Bonchev–Trinajstić information content (AvgIpc) is 3.62. The van der Waals surface area contributed by atoms with E-state index in [9.17, 15) is 48.6 Å². The van der Waals surface area contributed by atoms with Gasteiger partial charge in [-0.05, 0) is 83.1 Å². The number of nitrogens with zero attached hydrogens (tertiary/aromatic N) is 2. The number of hydrogen-bond donors (Lipinski definition) is 6. The topological polar surface area (TPSA) is 286 Å². The van der Waals surface area contributed by atoms with Gasteiger partial charge < -0.3 is 45.1 Å². The summed E-state index contributed by atoms with van der Waals surface area (Å²) in [5.41, 5.74) is 4.57. The summed E-state index contributed by atoms with van der Waals surface area (Å²) in [7, 11) is -10.9. The second-order valence-corrected chi connectivity index (χ2v) is 20.1. The molecule has 7 N–H and O–H groups in total. The summed E-state index contributed by atoms with van der Waals surface area (Å²) in [4.78, 5) is 61.9. The van der Waals surface area contributed by atoms with Gasteiger partial charge in [-0.2, -0.15) is 9.29 Å². The predicted octanol–water partition coefficient (Wildman–Crippen LogP) is 9.41. The number of ether oxygens (including phenoxy) is 3. The molecule has 21 heteroatoms. The predicted molar refractivity (Wildman–Crippen MR) is 281 cm³/mol. The van der Waals surface area contributed by atoms with Gasteiger partial charge in [0.1, 0.15) is 30.7 Å². The van der Waals surface area contributed by atoms with Crippen LogP contribution in [0, 0.1) is 0 Å². The van der Waals surface area contributed by atoms with Gasteiger partial charge in [0.05, 0.1) is 19.3 Å². The summed E-state index contributed by atoms with van der Waals surface area (Å²) in [5.74, 6) is -1.43. The number of aliphatic hydroxyl groups is 3. The Morgan fingerprint density at radius 1 is 0.726 bits per heavy atom. The van der Waals surface area contributed by atoms with Crippen LogP contribution < -0.4 is 11.4 Å². The number of phosphoric acid groups is 2. The molecule has 0 amide bonds. The number of esters is 2. The largest absolute Gasteiger partial charge is 0.481 e. The lowest BCUT2D eigenvalue weighted by Gasteiger charge is -2.21. The van der Waals surface area contributed by atoms with Crippen molar-refractivity contribution in [2.75, 3.05) is 25.6 Å². The maximum Gasteiger partial charge on any atom is 0.481 e. The van der Waals surface area contributed by atoms with Gasteiger partial charge >= 0.3 is 33.3 Å². The van der Waals surface area contributed by atoms with E-state index in [0.717, 1.165) is 94.2 Å². The second kappa shape index (κ2) is 39.1. The molecule has 1 aromatic heterocycles. The second-order valence-electron chi connectivity index (χ2n) is 17.1. The first-order valence-corrected chi connectivity index (χ1v) is 28.3. The molecule has 1 aliphatic heterocycles. The maximum absolute atomic E-state index is 12.9. The Bertz CT molecular complexity index is 2120. The molecule has 1 fully saturated rings. The summed E-state index contributed by atoms with van der Waals surface area (Å²) in [6.07, 6.45) is 39.3. The van der Waals surface area contributed by atoms with Crippen molar-refractivity contribution in [1.82, 2.24) is 9.55 Å². The third-order valence-corrected chi connectivity index (χ3v) is 13.4. The minimum atomic E-state index is -5.46. The number of nitrogens with two attached hydrogens (primary N) is 1. The minimum absolute atomic E-state index is 0.0332. The Morgan fingerprint density at radius 3 is 1.90 bits per heavy atom. The van der Waals surface area contributed by atoms with E-state index in [1.165, 1.54) is 6.07 Å². The van der Waals surface area contributed by atoms with Gasteiger partial charge in [-0.15, -0.1) is 0 Å². The summed E-state index contributed by atoms with van der Waals surface area (Å²) in [6, 6.07) is 1.24. The SMILES string of the molecule is CC/C=C\C/C=C\C/C=C\C/C=C\C/C=C\CCCCCC(=O)OC[C@H](COP(=O)(O)OP(=O)(O)OC[C@H]1O[C@@H](n2ccc(N)nc2=O)[C@H](O)[C@@H]1O)OC(=O)CCCCCCCC(O)/C=C/C=C/C/C=C/CC. The van der Waals surface area contributed by atoms with E-state index >= 15 is 0 Å². The van der Waals surface area contributed by atoms with Crippen molar-refractivity contribution in [3.05, 3.63) is 120 Å². The Balaban J connectivity index is 1.84. The summed E-state index contributed by atoms with van der Waals surface area (Å²) in [6.45, 7) is 1.77. The van der Waals surface area contributed by atoms with Crippen molar-refractivity contribution in [2.24, 2.45) is 0 Å². The Hall–Kier alpha value is -4.36. The number of aromatic nitrogens is 2. The Kier molecular flexibility index (Phi) is 34.7. The normalized spacial score (nSPS) is 20.2. The van der Waals surface area contributed by atoms with Crippen LogP contribution in [-0.4, -0.2) is 96.9 Å². The first-order valence-electron chi connectivity index (χ1n) is 25.4. The summed E-state index contributed by atoms with van der Waals surface area (Å²) < 4.78 is 56.7. The monoisotopic (exact) mass is 1070 g/mol. The molecule has 0 aliphatic carbocycles. The number of anilines is 1. The van der Waals surface area contributed by atoms with E-state index in [1.54, 1.807) is 6.08 Å². The first kappa shape index (κ1) is 64.8. The number of allylic oxidation sites excluding steroid dienone is 15. The smallest absolute Gasteiger partial charge is 0.462 e.